The van der Waals surface area contributed by atoms with Crippen molar-refractivity contribution in [3.63, 3.8) is 0 Å². The average molecular weight is 325 g/mol. The molecule has 1 aliphatic rings. The van der Waals surface area contributed by atoms with Gasteiger partial charge in [-0.15, -0.1) is 6.58 Å². The van der Waals surface area contributed by atoms with E-state index in [0.29, 0.717) is 37.5 Å². The molecule has 1 aliphatic heterocycles. The summed E-state index contributed by atoms with van der Waals surface area (Å²) in [6, 6.07) is 3.53. The van der Waals surface area contributed by atoms with Crippen LogP contribution < -0.4 is 0 Å². The SMILES string of the molecule is C=CCN1CN(C)C(=N[N+](=O)[O-])N(Cc2ccc(Cl)nc2)C1. The number of nitrogens with zero attached hydrogens (tertiary/aromatic N) is 6. The van der Waals surface area contributed by atoms with E-state index in [1.54, 1.807) is 30.3 Å². The van der Waals surface area contributed by atoms with Crippen LogP contribution in [0, 0.1) is 10.1 Å². The highest BCUT2D eigenvalue weighted by Gasteiger charge is 2.28. The van der Waals surface area contributed by atoms with Gasteiger partial charge in [-0.1, -0.05) is 23.7 Å². The summed E-state index contributed by atoms with van der Waals surface area (Å²) in [5.41, 5.74) is 0.898. The molecule has 1 fully saturated rings. The Morgan fingerprint density at radius 2 is 2.32 bits per heavy atom. The lowest BCUT2D eigenvalue weighted by molar-refractivity contribution is -0.486. The highest BCUT2D eigenvalue weighted by molar-refractivity contribution is 6.29. The Kier molecular flexibility index (Phi) is 5.29. The lowest BCUT2D eigenvalue weighted by Crippen LogP contribution is -2.57. The van der Waals surface area contributed by atoms with Crippen molar-refractivity contribution in [3.8, 4) is 0 Å². The van der Waals surface area contributed by atoms with Crippen LogP contribution in [-0.2, 0) is 6.54 Å². The van der Waals surface area contributed by atoms with Crippen LogP contribution in [0.4, 0.5) is 0 Å². The van der Waals surface area contributed by atoms with Gasteiger partial charge in [0.1, 0.15) is 10.3 Å². The van der Waals surface area contributed by atoms with Crippen LogP contribution >= 0.6 is 11.6 Å². The predicted molar refractivity (Wildman–Crippen MR) is 83.6 cm³/mol. The normalized spacial score (nSPS) is 17.8. The first-order valence-corrected chi connectivity index (χ1v) is 7.00. The monoisotopic (exact) mass is 324 g/mol. The average Bonchev–Trinajstić information content (AvgIpc) is 2.45. The smallest absolute Gasteiger partial charge is 0.276 e. The van der Waals surface area contributed by atoms with E-state index < -0.39 is 5.03 Å². The highest BCUT2D eigenvalue weighted by atomic mass is 35.5. The molecule has 0 aliphatic carbocycles. The molecule has 22 heavy (non-hydrogen) atoms. The van der Waals surface area contributed by atoms with Gasteiger partial charge < -0.3 is 9.80 Å². The topological polar surface area (TPSA) is 78.1 Å². The third kappa shape index (κ3) is 4.15. The summed E-state index contributed by atoms with van der Waals surface area (Å²) in [6.45, 7) is 5.93. The van der Waals surface area contributed by atoms with Gasteiger partial charge in [0.05, 0.1) is 13.3 Å². The Hall–Kier alpha value is -2.19. The van der Waals surface area contributed by atoms with Crippen LogP contribution in [0.3, 0.4) is 0 Å². The third-order valence-electron chi connectivity index (χ3n) is 3.13. The summed E-state index contributed by atoms with van der Waals surface area (Å²) in [6.07, 6.45) is 3.45. The molecule has 2 heterocycles. The molecule has 1 aromatic rings. The molecule has 9 heteroatoms. The van der Waals surface area contributed by atoms with Gasteiger partial charge >= 0.3 is 0 Å². The van der Waals surface area contributed by atoms with Crippen LogP contribution in [0.25, 0.3) is 0 Å². The summed E-state index contributed by atoms with van der Waals surface area (Å²) in [5.74, 6) is 0.320. The molecule has 0 N–H and O–H groups in total. The number of hydrazone groups is 1. The quantitative estimate of drug-likeness (QED) is 0.353. The first kappa shape index (κ1) is 16.2. The predicted octanol–water partition coefficient (Wildman–Crippen LogP) is 1.43. The van der Waals surface area contributed by atoms with Gasteiger partial charge in [0.25, 0.3) is 5.96 Å². The van der Waals surface area contributed by atoms with E-state index in [4.69, 9.17) is 11.6 Å². The maximum atomic E-state index is 10.8. The van der Waals surface area contributed by atoms with E-state index in [9.17, 15) is 10.1 Å². The zero-order valence-corrected chi connectivity index (χ0v) is 13.0. The molecule has 118 valence electrons. The summed E-state index contributed by atoms with van der Waals surface area (Å²) >= 11 is 5.77. The number of pyridine rings is 1. The molecule has 0 spiro atoms. The van der Waals surface area contributed by atoms with Crippen LogP contribution in [0.2, 0.25) is 5.15 Å². The fourth-order valence-corrected chi connectivity index (χ4v) is 2.42. The first-order chi connectivity index (χ1) is 10.5. The second-order valence-electron chi connectivity index (χ2n) is 4.95. The molecule has 0 atom stereocenters. The van der Waals surface area contributed by atoms with Gasteiger partial charge in [0.2, 0.25) is 0 Å². The summed E-state index contributed by atoms with van der Waals surface area (Å²) < 4.78 is 0. The molecule has 8 nitrogen and oxygen atoms in total. The second-order valence-corrected chi connectivity index (χ2v) is 5.34. The van der Waals surface area contributed by atoms with Crippen molar-refractivity contribution in [2.75, 3.05) is 26.9 Å². The maximum Gasteiger partial charge on any atom is 0.276 e. The minimum atomic E-state index is -0.678. The number of aromatic nitrogens is 1. The zero-order valence-electron chi connectivity index (χ0n) is 12.2. The molecular formula is C13H17ClN6O2. The molecule has 0 aromatic carbocycles. The Balaban J connectivity index is 2.22. The van der Waals surface area contributed by atoms with Crippen molar-refractivity contribution in [2.45, 2.75) is 6.54 Å². The van der Waals surface area contributed by atoms with E-state index >= 15 is 0 Å². The number of hydrogen-bond donors (Lipinski definition) is 0. The van der Waals surface area contributed by atoms with Crippen LogP contribution in [0.5, 0.6) is 0 Å². The van der Waals surface area contributed by atoms with Gasteiger partial charge in [0, 0.05) is 26.3 Å². The third-order valence-corrected chi connectivity index (χ3v) is 3.35. The number of guanidine groups is 1. The lowest BCUT2D eigenvalue weighted by Gasteiger charge is -2.41. The molecule has 0 bridgehead atoms. The fraction of sp³-hybridized carbons (Fsp3) is 0.385. The van der Waals surface area contributed by atoms with Crippen LogP contribution in [0.15, 0.2) is 36.1 Å². The Bertz CT molecular complexity index is 576. The number of rotatable bonds is 5. The Morgan fingerprint density at radius 1 is 1.55 bits per heavy atom. The van der Waals surface area contributed by atoms with Crippen LogP contribution in [0.1, 0.15) is 5.56 Å². The Morgan fingerprint density at radius 3 is 2.91 bits per heavy atom. The molecule has 0 saturated carbocycles. The minimum absolute atomic E-state index is 0.320. The van der Waals surface area contributed by atoms with Gasteiger partial charge in [0.15, 0.2) is 5.03 Å². The highest BCUT2D eigenvalue weighted by Crippen LogP contribution is 2.14. The van der Waals surface area contributed by atoms with Gasteiger partial charge in [-0.05, 0) is 11.6 Å². The zero-order chi connectivity index (χ0) is 16.1. The second kappa shape index (κ2) is 7.19. The Labute approximate surface area is 133 Å². The fourth-order valence-electron chi connectivity index (χ4n) is 2.31. The van der Waals surface area contributed by atoms with Crippen molar-refractivity contribution in [1.82, 2.24) is 19.7 Å². The molecule has 2 rings (SSSR count). The van der Waals surface area contributed by atoms with Crippen molar-refractivity contribution in [3.05, 3.63) is 51.8 Å². The van der Waals surface area contributed by atoms with E-state index in [0.717, 1.165) is 5.56 Å². The minimum Gasteiger partial charge on any atom is -0.328 e. The summed E-state index contributed by atoms with van der Waals surface area (Å²) in [7, 11) is 1.77. The van der Waals surface area contributed by atoms with Crippen molar-refractivity contribution < 1.29 is 5.03 Å². The number of halogens is 1. The molecule has 1 aromatic heterocycles. The largest absolute Gasteiger partial charge is 0.328 e. The standard InChI is InChI=1S/C13H17ClN6O2/c1-3-6-18-9-17(2)13(16-20(21)22)19(10-18)8-11-4-5-12(14)15-7-11/h3-5,7H,1,6,8-10H2,2H3. The summed E-state index contributed by atoms with van der Waals surface area (Å²) in [4.78, 5) is 20.4. The van der Waals surface area contributed by atoms with E-state index in [1.807, 2.05) is 11.0 Å². The van der Waals surface area contributed by atoms with Gasteiger partial charge in [-0.3, -0.25) is 4.90 Å². The van der Waals surface area contributed by atoms with E-state index in [2.05, 4.69) is 21.6 Å². The first-order valence-electron chi connectivity index (χ1n) is 6.62. The molecule has 0 unspecified atom stereocenters. The van der Waals surface area contributed by atoms with Crippen molar-refractivity contribution >= 4 is 17.6 Å². The number of hydrogen-bond acceptors (Lipinski definition) is 4. The van der Waals surface area contributed by atoms with Crippen molar-refractivity contribution in [2.24, 2.45) is 5.10 Å². The molecule has 0 radical (unpaired) electrons. The van der Waals surface area contributed by atoms with Gasteiger partial charge in [-0.25, -0.2) is 15.1 Å². The lowest BCUT2D eigenvalue weighted by atomic mass is 10.2. The van der Waals surface area contributed by atoms with Gasteiger partial charge in [-0.2, -0.15) is 0 Å². The van der Waals surface area contributed by atoms with Crippen LogP contribution in [-0.4, -0.2) is 57.6 Å². The molecular weight excluding hydrogens is 308 g/mol. The summed E-state index contributed by atoms with van der Waals surface area (Å²) in [5, 5.41) is 14.0. The number of nitro groups is 1. The van der Waals surface area contributed by atoms with Crippen molar-refractivity contribution in [1.29, 1.82) is 0 Å². The van der Waals surface area contributed by atoms with E-state index in [-0.39, 0.29) is 0 Å². The maximum absolute atomic E-state index is 10.8. The van der Waals surface area contributed by atoms with E-state index in [1.165, 1.54) is 0 Å². The molecule has 0 amide bonds. The molecule has 1 saturated heterocycles.